The van der Waals surface area contributed by atoms with Crippen LogP contribution in [0, 0.1) is 0 Å². The number of rotatable bonds is 4. The molecular weight excluding hydrogens is 228 g/mol. The normalized spacial score (nSPS) is 10.3. The van der Waals surface area contributed by atoms with Crippen LogP contribution < -0.4 is 4.74 Å². The largest absolute Gasteiger partial charge is 0.486 e. The summed E-state index contributed by atoms with van der Waals surface area (Å²) in [5, 5.41) is 1.97. The second-order valence-electron chi connectivity index (χ2n) is 4.27. The van der Waals surface area contributed by atoms with Gasteiger partial charge in [0.1, 0.15) is 12.4 Å². The minimum Gasteiger partial charge on any atom is -0.486 e. The molecule has 0 spiro atoms. The van der Waals surface area contributed by atoms with E-state index in [1.165, 1.54) is 6.92 Å². The zero-order chi connectivity index (χ0) is 13.1. The van der Waals surface area contributed by atoms with Crippen LogP contribution >= 0.6 is 0 Å². The second kappa shape index (κ2) is 5.00. The van der Waals surface area contributed by atoms with Gasteiger partial charge in [-0.15, -0.1) is 0 Å². The first-order valence-corrected chi connectivity index (χ1v) is 5.73. The van der Waals surface area contributed by atoms with Crippen molar-refractivity contribution in [2.24, 2.45) is 0 Å². The minimum absolute atomic E-state index is 0.0120. The summed E-state index contributed by atoms with van der Waals surface area (Å²) < 4.78 is 5.34. The van der Waals surface area contributed by atoms with E-state index in [1.807, 2.05) is 24.3 Å². The number of carbonyl (C=O) groups excluding carboxylic acids is 2. The van der Waals surface area contributed by atoms with Crippen molar-refractivity contribution >= 4 is 22.3 Å². The van der Waals surface area contributed by atoms with Crippen molar-refractivity contribution < 1.29 is 14.3 Å². The zero-order valence-electron chi connectivity index (χ0n) is 10.4. The molecule has 2 aromatic rings. The molecule has 3 nitrogen and oxygen atoms in total. The van der Waals surface area contributed by atoms with E-state index in [1.54, 1.807) is 19.1 Å². The Morgan fingerprint density at radius 1 is 1.00 bits per heavy atom. The van der Waals surface area contributed by atoms with E-state index in [4.69, 9.17) is 4.74 Å². The first-order chi connectivity index (χ1) is 8.56. The summed E-state index contributed by atoms with van der Waals surface area (Å²) >= 11 is 0. The van der Waals surface area contributed by atoms with Gasteiger partial charge >= 0.3 is 0 Å². The molecule has 0 aliphatic heterocycles. The Labute approximate surface area is 105 Å². The highest BCUT2D eigenvalue weighted by molar-refractivity contribution is 5.98. The molecule has 3 heteroatoms. The summed E-state index contributed by atoms with van der Waals surface area (Å²) in [5.41, 5.74) is 0.694. The van der Waals surface area contributed by atoms with Crippen molar-refractivity contribution in [2.75, 3.05) is 6.61 Å². The molecule has 0 unspecified atom stereocenters. The Hall–Kier alpha value is -2.16. The van der Waals surface area contributed by atoms with Crippen molar-refractivity contribution in [3.63, 3.8) is 0 Å². The van der Waals surface area contributed by atoms with Crippen LogP contribution in [0.5, 0.6) is 5.75 Å². The molecule has 2 aromatic carbocycles. The molecule has 2 rings (SSSR count). The van der Waals surface area contributed by atoms with E-state index < -0.39 is 0 Å². The maximum atomic E-state index is 11.3. The van der Waals surface area contributed by atoms with Crippen LogP contribution in [-0.4, -0.2) is 18.2 Å². The number of fused-ring (bicyclic) bond motifs is 1. The van der Waals surface area contributed by atoms with E-state index in [9.17, 15) is 9.59 Å². The van der Waals surface area contributed by atoms with E-state index in [0.29, 0.717) is 11.3 Å². The van der Waals surface area contributed by atoms with Crippen LogP contribution in [-0.2, 0) is 4.79 Å². The SMILES string of the molecule is CC(=O)COc1ccc2cc(C(C)=O)ccc2c1. The lowest BCUT2D eigenvalue weighted by Gasteiger charge is -2.06. The van der Waals surface area contributed by atoms with Crippen LogP contribution in [0.1, 0.15) is 24.2 Å². The van der Waals surface area contributed by atoms with Crippen molar-refractivity contribution in [2.45, 2.75) is 13.8 Å². The fourth-order valence-electron chi connectivity index (χ4n) is 1.72. The average molecular weight is 242 g/mol. The van der Waals surface area contributed by atoms with Crippen LogP contribution in [0.4, 0.5) is 0 Å². The number of benzene rings is 2. The standard InChI is InChI=1S/C15H14O3/c1-10(16)9-18-15-6-5-13-7-12(11(2)17)3-4-14(13)8-15/h3-8H,9H2,1-2H3. The third-order valence-corrected chi connectivity index (χ3v) is 2.66. The highest BCUT2D eigenvalue weighted by Gasteiger charge is 2.03. The molecule has 0 aliphatic carbocycles. The molecule has 0 radical (unpaired) electrons. The van der Waals surface area contributed by atoms with E-state index in [2.05, 4.69) is 0 Å². The quantitative estimate of drug-likeness (QED) is 0.774. The number of hydrogen-bond donors (Lipinski definition) is 0. The molecule has 0 heterocycles. The summed E-state index contributed by atoms with van der Waals surface area (Å²) in [6, 6.07) is 11.1. The number of carbonyl (C=O) groups is 2. The van der Waals surface area contributed by atoms with Gasteiger partial charge in [-0.3, -0.25) is 9.59 Å². The van der Waals surface area contributed by atoms with Crippen molar-refractivity contribution in [1.29, 1.82) is 0 Å². The summed E-state index contributed by atoms with van der Waals surface area (Å²) in [7, 11) is 0. The Morgan fingerprint density at radius 2 is 1.67 bits per heavy atom. The zero-order valence-corrected chi connectivity index (χ0v) is 10.4. The molecular formula is C15H14O3. The number of ketones is 2. The molecule has 18 heavy (non-hydrogen) atoms. The van der Waals surface area contributed by atoms with Gasteiger partial charge in [-0.2, -0.15) is 0 Å². The summed E-state index contributed by atoms with van der Waals surface area (Å²) in [6.45, 7) is 3.11. The molecule has 0 N–H and O–H groups in total. The highest BCUT2D eigenvalue weighted by Crippen LogP contribution is 2.22. The maximum Gasteiger partial charge on any atom is 0.167 e. The fourth-order valence-corrected chi connectivity index (χ4v) is 1.72. The Morgan fingerprint density at radius 3 is 2.33 bits per heavy atom. The fraction of sp³-hybridized carbons (Fsp3) is 0.200. The number of Topliss-reactive ketones (excluding diaryl/α,β-unsaturated/α-hetero) is 2. The van der Waals surface area contributed by atoms with Crippen LogP contribution in [0.3, 0.4) is 0 Å². The first kappa shape index (κ1) is 12.3. The van der Waals surface area contributed by atoms with Gasteiger partial charge in [-0.05, 0) is 42.8 Å². The van der Waals surface area contributed by atoms with Crippen LogP contribution in [0.25, 0.3) is 10.8 Å². The van der Waals surface area contributed by atoms with Gasteiger partial charge in [0, 0.05) is 5.56 Å². The van der Waals surface area contributed by atoms with E-state index in [0.717, 1.165) is 10.8 Å². The summed E-state index contributed by atoms with van der Waals surface area (Å²) in [6.07, 6.45) is 0. The third-order valence-electron chi connectivity index (χ3n) is 2.66. The monoisotopic (exact) mass is 242 g/mol. The van der Waals surface area contributed by atoms with Crippen LogP contribution in [0.2, 0.25) is 0 Å². The Balaban J connectivity index is 2.32. The van der Waals surface area contributed by atoms with Gasteiger partial charge in [-0.1, -0.05) is 18.2 Å². The molecule has 0 saturated carbocycles. The lowest BCUT2D eigenvalue weighted by Crippen LogP contribution is -2.06. The van der Waals surface area contributed by atoms with Crippen molar-refractivity contribution in [1.82, 2.24) is 0 Å². The highest BCUT2D eigenvalue weighted by atomic mass is 16.5. The topological polar surface area (TPSA) is 43.4 Å². The van der Waals surface area contributed by atoms with Crippen molar-refractivity contribution in [3.8, 4) is 5.75 Å². The molecule has 0 bridgehead atoms. The molecule has 0 aromatic heterocycles. The molecule has 0 saturated heterocycles. The smallest absolute Gasteiger partial charge is 0.167 e. The van der Waals surface area contributed by atoms with Gasteiger partial charge < -0.3 is 4.74 Å². The maximum absolute atomic E-state index is 11.3. The summed E-state index contributed by atoms with van der Waals surface area (Å²) in [5.74, 6) is 0.698. The molecule has 0 fully saturated rings. The molecule has 0 amide bonds. The van der Waals surface area contributed by atoms with Crippen molar-refractivity contribution in [3.05, 3.63) is 42.0 Å². The van der Waals surface area contributed by atoms with Gasteiger partial charge in [0.25, 0.3) is 0 Å². The van der Waals surface area contributed by atoms with Gasteiger partial charge in [-0.25, -0.2) is 0 Å². The van der Waals surface area contributed by atoms with Gasteiger partial charge in [0.2, 0.25) is 0 Å². The minimum atomic E-state index is -0.0120. The third kappa shape index (κ3) is 2.74. The average Bonchev–Trinajstić information content (AvgIpc) is 2.35. The van der Waals surface area contributed by atoms with Gasteiger partial charge in [0.15, 0.2) is 11.6 Å². The number of ether oxygens (including phenoxy) is 1. The molecule has 0 atom stereocenters. The second-order valence-corrected chi connectivity index (χ2v) is 4.27. The van der Waals surface area contributed by atoms with E-state index >= 15 is 0 Å². The number of hydrogen-bond acceptors (Lipinski definition) is 3. The predicted molar refractivity (Wildman–Crippen MR) is 70.1 cm³/mol. The Kier molecular flexibility index (Phi) is 3.42. The van der Waals surface area contributed by atoms with Gasteiger partial charge in [0.05, 0.1) is 0 Å². The predicted octanol–water partition coefficient (Wildman–Crippen LogP) is 3.01. The van der Waals surface area contributed by atoms with E-state index in [-0.39, 0.29) is 18.2 Å². The molecule has 0 aliphatic rings. The van der Waals surface area contributed by atoms with Crippen LogP contribution in [0.15, 0.2) is 36.4 Å². The molecule has 92 valence electrons. The lowest BCUT2D eigenvalue weighted by atomic mass is 10.0. The Bertz CT molecular complexity index is 614. The lowest BCUT2D eigenvalue weighted by molar-refractivity contribution is -0.118. The first-order valence-electron chi connectivity index (χ1n) is 5.73. The summed E-state index contributed by atoms with van der Waals surface area (Å²) in [4.78, 5) is 22.1.